The number of aryl methyl sites for hydroxylation is 2. The van der Waals surface area contributed by atoms with E-state index < -0.39 is 26.8 Å². The topological polar surface area (TPSA) is 43.4 Å². The van der Waals surface area contributed by atoms with Crippen LogP contribution in [0.25, 0.3) is 0 Å². The Labute approximate surface area is 164 Å². The van der Waals surface area contributed by atoms with Crippen molar-refractivity contribution in [3.05, 3.63) is 64.7 Å². The molecule has 0 N–H and O–H groups in total. The summed E-state index contributed by atoms with van der Waals surface area (Å²) in [6.07, 6.45) is -3.26. The molecule has 2 aromatic carbocycles. The minimum atomic E-state index is -4.45. The van der Waals surface area contributed by atoms with E-state index in [4.69, 9.17) is 4.74 Å². The Kier molecular flexibility index (Phi) is 7.15. The van der Waals surface area contributed by atoms with E-state index in [0.29, 0.717) is 12.8 Å². The molecule has 0 aromatic heterocycles. The van der Waals surface area contributed by atoms with Crippen LogP contribution < -0.4 is 4.74 Å². The molecule has 0 unspecified atom stereocenters. The first kappa shape index (κ1) is 22.3. The number of rotatable bonds is 8. The van der Waals surface area contributed by atoms with Gasteiger partial charge in [0.1, 0.15) is 5.75 Å². The molecule has 154 valence electrons. The number of hydrogen-bond acceptors (Lipinski definition) is 3. The van der Waals surface area contributed by atoms with Crippen molar-refractivity contribution in [2.75, 3.05) is 6.61 Å². The molecule has 0 heterocycles. The maximum Gasteiger partial charge on any atom is 0.419 e. The zero-order valence-corrected chi connectivity index (χ0v) is 17.0. The van der Waals surface area contributed by atoms with Crippen molar-refractivity contribution in [3.8, 4) is 5.75 Å². The van der Waals surface area contributed by atoms with E-state index in [2.05, 4.69) is 0 Å². The number of alkyl halides is 3. The lowest BCUT2D eigenvalue weighted by Crippen LogP contribution is -2.15. The number of sulfone groups is 1. The molecule has 0 atom stereocenters. The van der Waals surface area contributed by atoms with Crippen LogP contribution in [0.1, 0.15) is 43.0 Å². The zero-order chi connectivity index (χ0) is 20.9. The molecule has 0 aliphatic heterocycles. The fourth-order valence-electron chi connectivity index (χ4n) is 2.72. The van der Waals surface area contributed by atoms with Gasteiger partial charge in [-0.15, -0.1) is 0 Å². The summed E-state index contributed by atoms with van der Waals surface area (Å²) in [5, 5.41) is -0.425. The third-order valence-electron chi connectivity index (χ3n) is 4.46. The molecular formula is C21H25F3O3S. The van der Waals surface area contributed by atoms with Gasteiger partial charge in [-0.25, -0.2) is 8.42 Å². The molecule has 2 aromatic rings. The second-order valence-electron chi connectivity index (χ2n) is 6.93. The summed E-state index contributed by atoms with van der Waals surface area (Å²) in [5.41, 5.74) is 1.70. The van der Waals surface area contributed by atoms with Crippen molar-refractivity contribution in [2.45, 2.75) is 50.8 Å². The standard InChI is InChI=1S/C21H25F3O3S/c1-4-27-20-13-17(11-12-19(20)21(22,23)24)8-5-16-6-9-18(10-7-16)14-28(25,26)15(2)3/h6-7,9-13,15H,4-5,8,14H2,1-3H3. The number of benzene rings is 2. The highest BCUT2D eigenvalue weighted by Gasteiger charge is 2.34. The van der Waals surface area contributed by atoms with Gasteiger partial charge in [-0.1, -0.05) is 30.3 Å². The molecule has 3 nitrogen and oxygen atoms in total. The SMILES string of the molecule is CCOc1cc(CCc2ccc(CS(=O)(=O)C(C)C)cc2)ccc1C(F)(F)F. The highest BCUT2D eigenvalue weighted by atomic mass is 32.2. The normalized spacial score (nSPS) is 12.4. The zero-order valence-electron chi connectivity index (χ0n) is 16.2. The van der Waals surface area contributed by atoms with Gasteiger partial charge in [-0.3, -0.25) is 0 Å². The van der Waals surface area contributed by atoms with Gasteiger partial charge in [0, 0.05) is 0 Å². The highest BCUT2D eigenvalue weighted by Crippen LogP contribution is 2.37. The maximum atomic E-state index is 13.0. The summed E-state index contributed by atoms with van der Waals surface area (Å²) < 4.78 is 68.2. The summed E-state index contributed by atoms with van der Waals surface area (Å²) in [5.74, 6) is -0.150. The Morgan fingerprint density at radius 1 is 0.929 bits per heavy atom. The van der Waals surface area contributed by atoms with Crippen LogP contribution in [0.2, 0.25) is 0 Å². The quantitative estimate of drug-likeness (QED) is 0.595. The molecule has 0 radical (unpaired) electrons. The Hall–Kier alpha value is -2.02. The Bertz CT molecular complexity index is 886. The van der Waals surface area contributed by atoms with Crippen molar-refractivity contribution in [1.82, 2.24) is 0 Å². The number of halogens is 3. The second kappa shape index (κ2) is 8.99. The van der Waals surface area contributed by atoms with Crippen molar-refractivity contribution < 1.29 is 26.3 Å². The molecule has 0 aliphatic rings. The van der Waals surface area contributed by atoms with E-state index in [0.717, 1.165) is 22.8 Å². The van der Waals surface area contributed by atoms with Gasteiger partial charge in [0.15, 0.2) is 9.84 Å². The summed E-state index contributed by atoms with van der Waals surface area (Å²) >= 11 is 0. The first-order chi connectivity index (χ1) is 13.0. The minimum Gasteiger partial charge on any atom is -0.493 e. The lowest BCUT2D eigenvalue weighted by Gasteiger charge is -2.14. The fraction of sp³-hybridized carbons (Fsp3) is 0.429. The summed E-state index contributed by atoms with van der Waals surface area (Å²) in [7, 11) is -3.15. The van der Waals surface area contributed by atoms with E-state index in [1.165, 1.54) is 12.1 Å². The molecule has 0 bridgehead atoms. The highest BCUT2D eigenvalue weighted by molar-refractivity contribution is 7.91. The van der Waals surface area contributed by atoms with Crippen LogP contribution in [-0.4, -0.2) is 20.3 Å². The van der Waals surface area contributed by atoms with Gasteiger partial charge in [0.05, 0.1) is 23.2 Å². The van der Waals surface area contributed by atoms with E-state index in [1.807, 2.05) is 12.1 Å². The van der Waals surface area contributed by atoms with Gasteiger partial charge in [-0.05, 0) is 62.4 Å². The first-order valence-electron chi connectivity index (χ1n) is 9.15. The molecule has 7 heteroatoms. The van der Waals surface area contributed by atoms with E-state index in [9.17, 15) is 21.6 Å². The lowest BCUT2D eigenvalue weighted by atomic mass is 10.0. The van der Waals surface area contributed by atoms with Crippen molar-refractivity contribution >= 4 is 9.84 Å². The van der Waals surface area contributed by atoms with Gasteiger partial charge in [0.2, 0.25) is 0 Å². The van der Waals surface area contributed by atoms with Crippen LogP contribution >= 0.6 is 0 Å². The minimum absolute atomic E-state index is 0.00156. The Morgan fingerprint density at radius 2 is 1.46 bits per heavy atom. The summed E-state index contributed by atoms with van der Waals surface area (Å²) in [4.78, 5) is 0. The van der Waals surface area contributed by atoms with Crippen molar-refractivity contribution in [1.29, 1.82) is 0 Å². The smallest absolute Gasteiger partial charge is 0.419 e. The molecule has 28 heavy (non-hydrogen) atoms. The average Bonchev–Trinajstić information content (AvgIpc) is 2.60. The van der Waals surface area contributed by atoms with Crippen LogP contribution in [0.3, 0.4) is 0 Å². The fourth-order valence-corrected chi connectivity index (χ4v) is 3.71. The molecule has 0 saturated heterocycles. The molecule has 0 fully saturated rings. The van der Waals surface area contributed by atoms with Crippen molar-refractivity contribution in [3.63, 3.8) is 0 Å². The van der Waals surface area contributed by atoms with Crippen LogP contribution in [0.15, 0.2) is 42.5 Å². The van der Waals surface area contributed by atoms with E-state index in [-0.39, 0.29) is 18.1 Å². The molecule has 0 aliphatic carbocycles. The molecule has 0 amide bonds. The largest absolute Gasteiger partial charge is 0.493 e. The maximum absolute atomic E-state index is 13.0. The van der Waals surface area contributed by atoms with Crippen LogP contribution in [-0.2, 0) is 34.6 Å². The van der Waals surface area contributed by atoms with Gasteiger partial charge in [-0.2, -0.15) is 13.2 Å². The Balaban J connectivity index is 2.07. The number of hydrogen-bond donors (Lipinski definition) is 0. The molecular weight excluding hydrogens is 389 g/mol. The first-order valence-corrected chi connectivity index (χ1v) is 10.9. The van der Waals surface area contributed by atoms with E-state index in [1.54, 1.807) is 32.9 Å². The second-order valence-corrected chi connectivity index (χ2v) is 9.49. The predicted octanol–water partition coefficient (Wildman–Crippen LogP) is 5.21. The summed E-state index contributed by atoms with van der Waals surface area (Å²) in [6.45, 7) is 5.12. The third kappa shape index (κ3) is 5.99. The average molecular weight is 414 g/mol. The predicted molar refractivity (Wildman–Crippen MR) is 104 cm³/mol. The van der Waals surface area contributed by atoms with Crippen LogP contribution in [0.4, 0.5) is 13.2 Å². The summed E-state index contributed by atoms with van der Waals surface area (Å²) in [6, 6.07) is 11.3. The molecule has 0 saturated carbocycles. The van der Waals surface area contributed by atoms with Crippen molar-refractivity contribution in [2.24, 2.45) is 0 Å². The van der Waals surface area contributed by atoms with Gasteiger partial charge in [0.25, 0.3) is 0 Å². The lowest BCUT2D eigenvalue weighted by molar-refractivity contribution is -0.138. The Morgan fingerprint density at radius 3 is 2.00 bits per heavy atom. The van der Waals surface area contributed by atoms with Gasteiger partial charge >= 0.3 is 6.18 Å². The van der Waals surface area contributed by atoms with E-state index >= 15 is 0 Å². The molecule has 0 spiro atoms. The number of ether oxygens (including phenoxy) is 1. The third-order valence-corrected chi connectivity index (χ3v) is 6.63. The monoisotopic (exact) mass is 414 g/mol. The van der Waals surface area contributed by atoms with Crippen LogP contribution in [0, 0.1) is 0 Å². The van der Waals surface area contributed by atoms with Gasteiger partial charge < -0.3 is 4.74 Å². The molecule has 2 rings (SSSR count). The van der Waals surface area contributed by atoms with Crippen LogP contribution in [0.5, 0.6) is 5.75 Å².